The van der Waals surface area contributed by atoms with E-state index in [9.17, 15) is 4.79 Å². The maximum atomic E-state index is 12.5. The maximum Gasteiger partial charge on any atom is 0.255 e. The molecule has 0 atom stereocenters. The molecule has 0 fully saturated rings. The van der Waals surface area contributed by atoms with E-state index in [-0.39, 0.29) is 15.6 Å². The SMILES string of the molecule is COc1cc(OC)c(NC(=O)c2cc(Cl)c(OC)c(Cl)c2)cc1Cl. The summed E-state index contributed by atoms with van der Waals surface area (Å²) in [5.41, 5.74) is 0.649. The van der Waals surface area contributed by atoms with Crippen LogP contribution < -0.4 is 19.5 Å². The van der Waals surface area contributed by atoms with Gasteiger partial charge < -0.3 is 19.5 Å². The Hall–Kier alpha value is -1.82. The number of anilines is 1. The molecule has 5 nitrogen and oxygen atoms in total. The molecular formula is C16H14Cl3NO4. The molecule has 0 aliphatic rings. The number of hydrogen-bond acceptors (Lipinski definition) is 4. The Morgan fingerprint density at radius 3 is 1.92 bits per heavy atom. The lowest BCUT2D eigenvalue weighted by atomic mass is 10.2. The van der Waals surface area contributed by atoms with Crippen molar-refractivity contribution >= 4 is 46.4 Å². The van der Waals surface area contributed by atoms with Crippen molar-refractivity contribution in [2.75, 3.05) is 26.6 Å². The van der Waals surface area contributed by atoms with Gasteiger partial charge in [-0.05, 0) is 18.2 Å². The van der Waals surface area contributed by atoms with Crippen molar-refractivity contribution in [3.63, 3.8) is 0 Å². The van der Waals surface area contributed by atoms with E-state index in [1.807, 2.05) is 0 Å². The summed E-state index contributed by atoms with van der Waals surface area (Å²) in [6.07, 6.45) is 0. The van der Waals surface area contributed by atoms with Crippen LogP contribution in [-0.2, 0) is 0 Å². The van der Waals surface area contributed by atoms with Crippen molar-refractivity contribution in [1.82, 2.24) is 0 Å². The molecule has 2 aromatic carbocycles. The van der Waals surface area contributed by atoms with E-state index in [1.165, 1.54) is 39.5 Å². The van der Waals surface area contributed by atoms with Crippen LogP contribution in [0.4, 0.5) is 5.69 Å². The molecule has 0 heterocycles. The summed E-state index contributed by atoms with van der Waals surface area (Å²) >= 11 is 18.2. The zero-order valence-corrected chi connectivity index (χ0v) is 15.3. The summed E-state index contributed by atoms with van der Waals surface area (Å²) in [5.74, 6) is 0.707. The van der Waals surface area contributed by atoms with Crippen LogP contribution in [0.25, 0.3) is 0 Å². The molecule has 8 heteroatoms. The zero-order chi connectivity index (χ0) is 17.9. The van der Waals surface area contributed by atoms with Gasteiger partial charge in [-0.1, -0.05) is 34.8 Å². The fourth-order valence-corrected chi connectivity index (χ4v) is 2.92. The van der Waals surface area contributed by atoms with Gasteiger partial charge in [-0.25, -0.2) is 0 Å². The maximum absolute atomic E-state index is 12.5. The molecule has 128 valence electrons. The molecule has 0 aliphatic carbocycles. The minimum absolute atomic E-state index is 0.231. The first-order valence-electron chi connectivity index (χ1n) is 6.67. The number of amides is 1. The summed E-state index contributed by atoms with van der Waals surface area (Å²) in [6.45, 7) is 0. The van der Waals surface area contributed by atoms with Gasteiger partial charge >= 0.3 is 0 Å². The van der Waals surface area contributed by atoms with Gasteiger partial charge in [-0.3, -0.25) is 4.79 Å². The van der Waals surface area contributed by atoms with Crippen LogP contribution in [0.15, 0.2) is 24.3 Å². The lowest BCUT2D eigenvalue weighted by Crippen LogP contribution is -2.13. The lowest BCUT2D eigenvalue weighted by Gasteiger charge is -2.14. The molecule has 1 amide bonds. The third kappa shape index (κ3) is 3.80. The highest BCUT2D eigenvalue weighted by Crippen LogP contribution is 2.37. The van der Waals surface area contributed by atoms with Gasteiger partial charge in [0.05, 0.1) is 42.1 Å². The molecule has 0 radical (unpaired) electrons. The van der Waals surface area contributed by atoms with Crippen LogP contribution in [0.1, 0.15) is 10.4 Å². The summed E-state index contributed by atoms with van der Waals surface area (Å²) < 4.78 is 15.4. The second kappa shape index (κ2) is 7.83. The first-order chi connectivity index (χ1) is 11.4. The van der Waals surface area contributed by atoms with Crippen molar-refractivity contribution in [2.45, 2.75) is 0 Å². The molecule has 0 aliphatic heterocycles. The third-order valence-electron chi connectivity index (χ3n) is 3.19. The van der Waals surface area contributed by atoms with Crippen LogP contribution in [0.2, 0.25) is 15.1 Å². The van der Waals surface area contributed by atoms with E-state index in [2.05, 4.69) is 5.32 Å². The van der Waals surface area contributed by atoms with E-state index in [0.29, 0.717) is 28.0 Å². The molecule has 0 unspecified atom stereocenters. The van der Waals surface area contributed by atoms with Crippen molar-refractivity contribution < 1.29 is 19.0 Å². The monoisotopic (exact) mass is 389 g/mol. The third-order valence-corrected chi connectivity index (χ3v) is 4.04. The van der Waals surface area contributed by atoms with E-state index in [0.717, 1.165) is 0 Å². The van der Waals surface area contributed by atoms with E-state index < -0.39 is 5.91 Å². The normalized spacial score (nSPS) is 10.2. The number of methoxy groups -OCH3 is 3. The number of nitrogens with one attached hydrogen (secondary N) is 1. The molecule has 0 bridgehead atoms. The molecule has 2 aromatic rings. The molecular weight excluding hydrogens is 377 g/mol. The number of rotatable bonds is 5. The molecule has 0 spiro atoms. The van der Waals surface area contributed by atoms with E-state index in [1.54, 1.807) is 6.07 Å². The topological polar surface area (TPSA) is 56.8 Å². The molecule has 0 saturated heterocycles. The summed E-state index contributed by atoms with van der Waals surface area (Å²) in [6, 6.07) is 6.02. The Bertz CT molecular complexity index is 757. The molecule has 0 saturated carbocycles. The number of halogens is 3. The van der Waals surface area contributed by atoms with Gasteiger partial charge in [0.15, 0.2) is 5.75 Å². The number of hydrogen-bond donors (Lipinski definition) is 1. The minimum atomic E-state index is -0.430. The fraction of sp³-hybridized carbons (Fsp3) is 0.188. The second-order valence-corrected chi connectivity index (χ2v) is 5.84. The fourth-order valence-electron chi connectivity index (χ4n) is 2.04. The molecule has 0 aromatic heterocycles. The van der Waals surface area contributed by atoms with E-state index in [4.69, 9.17) is 49.0 Å². The second-order valence-electron chi connectivity index (χ2n) is 4.61. The van der Waals surface area contributed by atoms with Crippen LogP contribution in [0, 0.1) is 0 Å². The first-order valence-corrected chi connectivity index (χ1v) is 7.80. The van der Waals surface area contributed by atoms with Crippen molar-refractivity contribution in [3.8, 4) is 17.2 Å². The number of ether oxygens (including phenoxy) is 3. The Morgan fingerprint density at radius 2 is 1.42 bits per heavy atom. The van der Waals surface area contributed by atoms with Gasteiger partial charge in [-0.2, -0.15) is 0 Å². The summed E-state index contributed by atoms with van der Waals surface area (Å²) in [5, 5.41) is 3.50. The van der Waals surface area contributed by atoms with Crippen molar-refractivity contribution in [1.29, 1.82) is 0 Å². The predicted molar refractivity (Wildman–Crippen MR) is 95.5 cm³/mol. The van der Waals surface area contributed by atoms with Crippen LogP contribution >= 0.6 is 34.8 Å². The first kappa shape index (κ1) is 18.5. The number of carbonyl (C=O) groups excluding carboxylic acids is 1. The van der Waals surface area contributed by atoms with E-state index >= 15 is 0 Å². The average Bonchev–Trinajstić information content (AvgIpc) is 2.54. The summed E-state index contributed by atoms with van der Waals surface area (Å²) in [4.78, 5) is 12.5. The summed E-state index contributed by atoms with van der Waals surface area (Å²) in [7, 11) is 4.40. The standard InChI is InChI=1S/C16H14Cl3NO4/c1-22-13-7-14(23-2)12(6-9(13)17)20-16(21)8-4-10(18)15(24-3)11(19)5-8/h4-7H,1-3H3,(H,20,21). The molecule has 2 rings (SSSR count). The van der Waals surface area contributed by atoms with Gasteiger partial charge in [0.1, 0.15) is 11.5 Å². The van der Waals surface area contributed by atoms with Crippen LogP contribution in [0.3, 0.4) is 0 Å². The van der Waals surface area contributed by atoms with Crippen LogP contribution in [0.5, 0.6) is 17.2 Å². The Labute approximate surface area is 154 Å². The number of benzene rings is 2. The smallest absolute Gasteiger partial charge is 0.255 e. The molecule has 24 heavy (non-hydrogen) atoms. The predicted octanol–water partition coefficient (Wildman–Crippen LogP) is 4.92. The van der Waals surface area contributed by atoms with Crippen molar-refractivity contribution in [2.24, 2.45) is 0 Å². The van der Waals surface area contributed by atoms with Crippen molar-refractivity contribution in [3.05, 3.63) is 44.9 Å². The highest BCUT2D eigenvalue weighted by molar-refractivity contribution is 6.38. The van der Waals surface area contributed by atoms with Crippen LogP contribution in [-0.4, -0.2) is 27.2 Å². The quantitative estimate of drug-likeness (QED) is 0.787. The Morgan fingerprint density at radius 1 is 0.833 bits per heavy atom. The zero-order valence-electron chi connectivity index (χ0n) is 13.1. The average molecular weight is 391 g/mol. The van der Waals surface area contributed by atoms with Gasteiger partial charge in [0.25, 0.3) is 5.91 Å². The van der Waals surface area contributed by atoms with Gasteiger partial charge in [0.2, 0.25) is 0 Å². The largest absolute Gasteiger partial charge is 0.495 e. The highest BCUT2D eigenvalue weighted by atomic mass is 35.5. The Kier molecular flexibility index (Phi) is 6.04. The lowest BCUT2D eigenvalue weighted by molar-refractivity contribution is 0.102. The van der Waals surface area contributed by atoms with Gasteiger partial charge in [-0.15, -0.1) is 0 Å². The van der Waals surface area contributed by atoms with Gasteiger partial charge in [0, 0.05) is 11.6 Å². The number of carbonyl (C=O) groups is 1. The Balaban J connectivity index is 2.35. The molecule has 1 N–H and O–H groups in total. The highest BCUT2D eigenvalue weighted by Gasteiger charge is 2.16. The minimum Gasteiger partial charge on any atom is -0.495 e.